The minimum Gasteiger partial charge on any atom is -0.309 e. The zero-order valence-electron chi connectivity index (χ0n) is 42.1. The zero-order valence-corrected chi connectivity index (χ0v) is 42.1. The van der Waals surface area contributed by atoms with Crippen LogP contribution < -0.4 is 0 Å². The van der Waals surface area contributed by atoms with E-state index in [0.29, 0.717) is 5.56 Å². The first-order chi connectivity index (χ1) is 34.8. The van der Waals surface area contributed by atoms with Crippen molar-refractivity contribution in [3.8, 4) is 73.1 Å². The number of hydrogen-bond acceptors (Lipinski definition) is 2. The third kappa shape index (κ3) is 7.75. The second-order valence-electron chi connectivity index (χ2n) is 20.3. The van der Waals surface area contributed by atoms with Gasteiger partial charge in [-0.2, -0.15) is 5.26 Å². The predicted molar refractivity (Wildman–Crippen MR) is 303 cm³/mol. The number of benzene rings is 9. The molecule has 4 heteroatoms. The van der Waals surface area contributed by atoms with Crippen molar-refractivity contribution in [1.82, 2.24) is 14.1 Å². The average Bonchev–Trinajstić information content (AvgIpc) is 3.86. The summed E-state index contributed by atoms with van der Waals surface area (Å²) in [5.41, 5.74) is 27.5. The monoisotopic (exact) mass is 926 g/mol. The van der Waals surface area contributed by atoms with Crippen molar-refractivity contribution in [2.75, 3.05) is 0 Å². The molecular formula is C68H54N4. The molecule has 0 N–H and O–H groups in total. The van der Waals surface area contributed by atoms with Gasteiger partial charge in [-0.1, -0.05) is 166 Å². The zero-order chi connectivity index (χ0) is 49.5. The average molecular weight is 927 g/mol. The van der Waals surface area contributed by atoms with Crippen LogP contribution in [0.25, 0.3) is 111 Å². The van der Waals surface area contributed by atoms with Crippen LogP contribution >= 0.6 is 0 Å². The summed E-state index contributed by atoms with van der Waals surface area (Å²) >= 11 is 0. The summed E-state index contributed by atoms with van der Waals surface area (Å²) < 4.78 is 4.75. The number of hydrogen-bond donors (Lipinski definition) is 0. The standard InChI is InChI=1S/C68H54N4/c1-40-21-41(2)26-53(25-40)49-9-13-58-59-14-10-50(54-27-42(3)22-43(4)28-54)34-65(59)71(64(58)33-49)63-38-62(48-17-19-70-20-18-48)68(37-57(63)39-69)72-66-35-51(55-29-44(5)23-45(6)30-55)11-15-60(66)61-16-12-52(36-67(61)72)56-31-46(7)24-47(8)32-56/h9-38H,1-8H3. The second-order valence-corrected chi connectivity index (χ2v) is 20.3. The second kappa shape index (κ2) is 17.3. The fraction of sp³-hybridized carbons (Fsp3) is 0.118. The van der Waals surface area contributed by atoms with Gasteiger partial charge in [-0.15, -0.1) is 0 Å². The molecule has 0 aliphatic carbocycles. The van der Waals surface area contributed by atoms with E-state index in [1.807, 2.05) is 12.4 Å². The minimum absolute atomic E-state index is 0.570. The molecule has 3 heterocycles. The van der Waals surface area contributed by atoms with Crippen LogP contribution in [0.4, 0.5) is 0 Å². The number of nitrogens with zero attached hydrogens (tertiary/aromatic N) is 4. The summed E-state index contributed by atoms with van der Waals surface area (Å²) in [7, 11) is 0. The molecule has 72 heavy (non-hydrogen) atoms. The lowest BCUT2D eigenvalue weighted by Crippen LogP contribution is -2.04. The van der Waals surface area contributed by atoms with Gasteiger partial charge in [-0.25, -0.2) is 0 Å². The number of nitriles is 1. The fourth-order valence-corrected chi connectivity index (χ4v) is 11.6. The van der Waals surface area contributed by atoms with E-state index in [9.17, 15) is 5.26 Å². The van der Waals surface area contributed by atoms with Crippen LogP contribution in [-0.4, -0.2) is 14.1 Å². The van der Waals surface area contributed by atoms with Crippen LogP contribution in [0.15, 0.2) is 182 Å². The summed E-state index contributed by atoms with van der Waals surface area (Å²) in [6.07, 6.45) is 3.73. The van der Waals surface area contributed by atoms with Gasteiger partial charge in [0.2, 0.25) is 0 Å². The first kappa shape index (κ1) is 44.4. The lowest BCUT2D eigenvalue weighted by Gasteiger charge is -2.19. The summed E-state index contributed by atoms with van der Waals surface area (Å²) in [6, 6.07) is 65.8. The van der Waals surface area contributed by atoms with E-state index in [1.165, 1.54) is 66.8 Å². The molecule has 0 atom stereocenters. The normalized spacial score (nSPS) is 11.6. The van der Waals surface area contributed by atoms with Crippen molar-refractivity contribution in [2.24, 2.45) is 0 Å². The van der Waals surface area contributed by atoms with Crippen LogP contribution in [0.1, 0.15) is 50.1 Å². The van der Waals surface area contributed by atoms with E-state index in [2.05, 4.69) is 245 Å². The van der Waals surface area contributed by atoms with Crippen molar-refractivity contribution in [2.45, 2.75) is 55.4 Å². The molecular weight excluding hydrogens is 873 g/mol. The molecule has 0 spiro atoms. The Hall–Kier alpha value is -8.78. The Kier molecular flexibility index (Phi) is 10.7. The molecule has 0 aliphatic rings. The van der Waals surface area contributed by atoms with Crippen LogP contribution in [0.5, 0.6) is 0 Å². The summed E-state index contributed by atoms with van der Waals surface area (Å²) in [6.45, 7) is 17.3. The molecule has 12 rings (SSSR count). The molecule has 0 amide bonds. The van der Waals surface area contributed by atoms with Gasteiger partial charge in [0.05, 0.1) is 39.0 Å². The van der Waals surface area contributed by atoms with Crippen molar-refractivity contribution >= 4 is 43.6 Å². The number of aromatic nitrogens is 3. The molecule has 0 unspecified atom stereocenters. The van der Waals surface area contributed by atoms with Crippen LogP contribution in [0, 0.1) is 66.7 Å². The summed E-state index contributed by atoms with van der Waals surface area (Å²) in [5, 5.41) is 16.2. The maximum absolute atomic E-state index is 11.7. The molecule has 9 aromatic carbocycles. The largest absolute Gasteiger partial charge is 0.309 e. The number of pyridine rings is 1. The van der Waals surface area contributed by atoms with Crippen molar-refractivity contribution in [3.63, 3.8) is 0 Å². The van der Waals surface area contributed by atoms with E-state index in [-0.39, 0.29) is 0 Å². The van der Waals surface area contributed by atoms with E-state index in [1.54, 1.807) is 0 Å². The topological polar surface area (TPSA) is 46.5 Å². The van der Waals surface area contributed by atoms with Crippen molar-refractivity contribution in [3.05, 3.63) is 232 Å². The number of aryl methyl sites for hydroxylation is 8. The molecule has 0 radical (unpaired) electrons. The van der Waals surface area contributed by atoms with Crippen LogP contribution in [0.3, 0.4) is 0 Å². The Balaban J connectivity index is 1.19. The molecule has 0 bridgehead atoms. The van der Waals surface area contributed by atoms with Crippen LogP contribution in [-0.2, 0) is 0 Å². The fourth-order valence-electron chi connectivity index (χ4n) is 11.6. The third-order valence-electron chi connectivity index (χ3n) is 14.5. The van der Waals surface area contributed by atoms with Gasteiger partial charge in [-0.3, -0.25) is 4.98 Å². The van der Waals surface area contributed by atoms with E-state index >= 15 is 0 Å². The summed E-state index contributed by atoms with van der Waals surface area (Å²) in [5.74, 6) is 0. The highest BCUT2D eigenvalue weighted by molar-refractivity contribution is 6.13. The highest BCUT2D eigenvalue weighted by Crippen LogP contribution is 2.44. The number of fused-ring (bicyclic) bond motifs is 6. The highest BCUT2D eigenvalue weighted by atomic mass is 15.0. The molecule has 3 aromatic heterocycles. The molecule has 346 valence electrons. The smallest absolute Gasteiger partial charge is 0.101 e. The SMILES string of the molecule is Cc1cc(C)cc(-c2ccc3c4ccc(-c5cc(C)cc(C)c5)cc4n(-c4cc(-c5ccncc5)c(-n5c6cc(-c7cc(C)cc(C)c7)ccc6c6ccc(-c7cc(C)cc(C)c7)cc65)cc4C#N)c3c2)c1. The Morgan fingerprint density at radius 1 is 0.306 bits per heavy atom. The molecule has 0 fully saturated rings. The Morgan fingerprint density at radius 2 is 0.611 bits per heavy atom. The lowest BCUT2D eigenvalue weighted by molar-refractivity contribution is 1.13. The van der Waals surface area contributed by atoms with Crippen LogP contribution in [0.2, 0.25) is 0 Å². The molecule has 0 saturated heterocycles. The Labute approximate surface area is 421 Å². The molecule has 12 aromatic rings. The van der Waals surface area contributed by atoms with Gasteiger partial charge in [0, 0.05) is 39.5 Å². The van der Waals surface area contributed by atoms with Gasteiger partial charge in [0.1, 0.15) is 6.07 Å². The minimum atomic E-state index is 0.570. The summed E-state index contributed by atoms with van der Waals surface area (Å²) in [4.78, 5) is 4.51. The molecule has 0 aliphatic heterocycles. The molecule has 0 saturated carbocycles. The first-order valence-electron chi connectivity index (χ1n) is 24.9. The highest BCUT2D eigenvalue weighted by Gasteiger charge is 2.24. The van der Waals surface area contributed by atoms with Gasteiger partial charge in [0.15, 0.2) is 0 Å². The first-order valence-corrected chi connectivity index (χ1v) is 24.9. The van der Waals surface area contributed by atoms with E-state index < -0.39 is 0 Å². The maximum atomic E-state index is 11.7. The quantitative estimate of drug-likeness (QED) is 0.160. The Bertz CT molecular complexity index is 3950. The maximum Gasteiger partial charge on any atom is 0.101 e. The predicted octanol–water partition coefficient (Wildman–Crippen LogP) is 17.9. The third-order valence-corrected chi connectivity index (χ3v) is 14.5. The van der Waals surface area contributed by atoms with Gasteiger partial charge in [0.25, 0.3) is 0 Å². The van der Waals surface area contributed by atoms with Crippen molar-refractivity contribution in [1.29, 1.82) is 5.26 Å². The van der Waals surface area contributed by atoms with Gasteiger partial charge in [-0.05, 0) is 154 Å². The Morgan fingerprint density at radius 3 is 0.917 bits per heavy atom. The van der Waals surface area contributed by atoms with Gasteiger partial charge >= 0.3 is 0 Å². The van der Waals surface area contributed by atoms with E-state index in [4.69, 9.17) is 0 Å². The van der Waals surface area contributed by atoms with Crippen molar-refractivity contribution < 1.29 is 0 Å². The molecule has 4 nitrogen and oxygen atoms in total. The van der Waals surface area contributed by atoms with Gasteiger partial charge < -0.3 is 9.13 Å². The van der Waals surface area contributed by atoms with E-state index in [0.717, 1.165) is 88.4 Å². The lowest BCUT2D eigenvalue weighted by atomic mass is 9.98. The number of rotatable bonds is 7.